The third-order valence-corrected chi connectivity index (χ3v) is 10.8. The van der Waals surface area contributed by atoms with E-state index in [9.17, 15) is 20.4 Å². The topological polar surface area (TPSA) is 80.9 Å². The highest BCUT2D eigenvalue weighted by molar-refractivity contribution is 5.61. The molecule has 0 aliphatic rings. The van der Waals surface area contributed by atoms with E-state index in [2.05, 4.69) is 64.1 Å². The molecule has 0 radical (unpaired) electrons. The minimum Gasteiger partial charge on any atom is -0.508 e. The molecule has 5 aromatic carbocycles. The summed E-state index contributed by atoms with van der Waals surface area (Å²) in [6.07, 6.45) is 1.61. The third-order valence-electron chi connectivity index (χ3n) is 10.8. The van der Waals surface area contributed by atoms with Crippen molar-refractivity contribution in [3.8, 4) is 23.0 Å². The number of hydrogen-bond acceptors (Lipinski definition) is 4. The Labute approximate surface area is 280 Å². The molecule has 47 heavy (non-hydrogen) atoms. The molecule has 0 fully saturated rings. The molecule has 0 heterocycles. The SMILES string of the molecule is CCC(C)(c1ccc(O)c(C)c1)c1cc(C)c(O)c(C(c2ccccc2)c2cc(C(C)(CC)c3ccc(O)c(C)c3)cc(C)c2O)c1. The molecule has 0 saturated carbocycles. The summed E-state index contributed by atoms with van der Waals surface area (Å²) in [5.41, 5.74) is 9.08. The Morgan fingerprint density at radius 2 is 0.872 bits per heavy atom. The predicted octanol–water partition coefficient (Wildman–Crippen LogP) is 10.4. The van der Waals surface area contributed by atoms with Gasteiger partial charge in [-0.2, -0.15) is 0 Å². The maximum atomic E-state index is 11.8. The molecule has 0 amide bonds. The van der Waals surface area contributed by atoms with Gasteiger partial charge in [-0.1, -0.05) is 107 Å². The first-order valence-electron chi connectivity index (χ1n) is 16.6. The van der Waals surface area contributed by atoms with Crippen molar-refractivity contribution in [1.82, 2.24) is 0 Å². The largest absolute Gasteiger partial charge is 0.508 e. The highest BCUT2D eigenvalue weighted by atomic mass is 16.3. The highest BCUT2D eigenvalue weighted by Gasteiger charge is 2.34. The Kier molecular flexibility index (Phi) is 9.19. The Balaban J connectivity index is 1.79. The smallest absolute Gasteiger partial charge is 0.122 e. The van der Waals surface area contributed by atoms with Crippen molar-refractivity contribution < 1.29 is 20.4 Å². The number of phenols is 4. The predicted molar refractivity (Wildman–Crippen MR) is 192 cm³/mol. The van der Waals surface area contributed by atoms with E-state index in [1.807, 2.05) is 70.2 Å². The number of aryl methyl sites for hydroxylation is 4. The number of aromatic hydroxyl groups is 4. The van der Waals surface area contributed by atoms with Crippen LogP contribution in [0.1, 0.15) is 108 Å². The second kappa shape index (κ2) is 12.8. The molecular formula is C43H48O4. The van der Waals surface area contributed by atoms with Crippen LogP contribution in [0.4, 0.5) is 0 Å². The molecule has 5 rings (SSSR count). The van der Waals surface area contributed by atoms with Crippen LogP contribution in [0.15, 0.2) is 91.0 Å². The first-order chi connectivity index (χ1) is 22.2. The zero-order valence-corrected chi connectivity index (χ0v) is 28.9. The van der Waals surface area contributed by atoms with Crippen LogP contribution in [0.2, 0.25) is 0 Å². The lowest BCUT2D eigenvalue weighted by molar-refractivity contribution is 0.451. The molecule has 244 valence electrons. The van der Waals surface area contributed by atoms with Crippen molar-refractivity contribution >= 4 is 0 Å². The van der Waals surface area contributed by atoms with Crippen LogP contribution >= 0.6 is 0 Å². The fourth-order valence-corrected chi connectivity index (χ4v) is 7.01. The average Bonchev–Trinajstić information content (AvgIpc) is 3.07. The average molecular weight is 629 g/mol. The van der Waals surface area contributed by atoms with Gasteiger partial charge in [0.1, 0.15) is 23.0 Å². The summed E-state index contributed by atoms with van der Waals surface area (Å²) in [6.45, 7) is 16.4. The lowest BCUT2D eigenvalue weighted by Gasteiger charge is -2.34. The molecule has 0 saturated heterocycles. The Hall–Kier alpha value is -4.70. The second-order valence-electron chi connectivity index (χ2n) is 13.7. The van der Waals surface area contributed by atoms with Gasteiger partial charge in [-0.15, -0.1) is 0 Å². The van der Waals surface area contributed by atoms with Gasteiger partial charge in [-0.25, -0.2) is 0 Å². The monoisotopic (exact) mass is 628 g/mol. The Morgan fingerprint density at radius 1 is 0.489 bits per heavy atom. The first kappa shape index (κ1) is 33.7. The van der Waals surface area contributed by atoms with Crippen LogP contribution in [0.3, 0.4) is 0 Å². The molecule has 0 aliphatic carbocycles. The minimum atomic E-state index is -0.459. The molecule has 2 unspecified atom stereocenters. The van der Waals surface area contributed by atoms with Crippen LogP contribution in [0, 0.1) is 27.7 Å². The molecule has 5 aromatic rings. The molecule has 4 nitrogen and oxygen atoms in total. The zero-order valence-electron chi connectivity index (χ0n) is 28.9. The van der Waals surface area contributed by atoms with E-state index in [-0.39, 0.29) is 23.0 Å². The standard InChI is InChI=1S/C43H48O4/c1-9-42(7,31-16-18-37(44)26(3)20-31)33-22-28(5)40(46)35(24-33)39(30-14-12-11-13-15-30)36-25-34(23-29(6)41(36)47)43(8,10-2)32-17-19-38(45)27(4)21-32/h11-25,39,44-47H,9-10H2,1-8H3. The summed E-state index contributed by atoms with van der Waals surface area (Å²) in [5, 5.41) is 44.2. The van der Waals surface area contributed by atoms with E-state index in [1.54, 1.807) is 12.1 Å². The highest BCUT2D eigenvalue weighted by Crippen LogP contribution is 2.48. The van der Waals surface area contributed by atoms with Gasteiger partial charge in [-0.05, 0) is 103 Å². The van der Waals surface area contributed by atoms with Crippen molar-refractivity contribution in [2.24, 2.45) is 0 Å². The number of hydrogen-bond donors (Lipinski definition) is 4. The van der Waals surface area contributed by atoms with Gasteiger partial charge in [0.15, 0.2) is 0 Å². The summed E-state index contributed by atoms with van der Waals surface area (Å²) < 4.78 is 0. The third kappa shape index (κ3) is 5.98. The van der Waals surface area contributed by atoms with Crippen molar-refractivity contribution in [1.29, 1.82) is 0 Å². The lowest BCUT2D eigenvalue weighted by atomic mass is 9.70. The molecular weight excluding hydrogens is 580 g/mol. The molecule has 0 aromatic heterocycles. The molecule has 2 atom stereocenters. The van der Waals surface area contributed by atoms with Crippen molar-refractivity contribution in [2.45, 2.75) is 85.0 Å². The summed E-state index contributed by atoms with van der Waals surface area (Å²) >= 11 is 0. The van der Waals surface area contributed by atoms with Gasteiger partial charge in [0, 0.05) is 27.9 Å². The fraction of sp³-hybridized carbons (Fsp3) is 0.302. The first-order valence-corrected chi connectivity index (χ1v) is 16.6. The van der Waals surface area contributed by atoms with E-state index < -0.39 is 16.7 Å². The van der Waals surface area contributed by atoms with Crippen LogP contribution in [0.5, 0.6) is 23.0 Å². The normalized spacial score (nSPS) is 14.7. The summed E-state index contributed by atoms with van der Waals surface area (Å²) in [5.74, 6) is 0.492. The van der Waals surface area contributed by atoms with Crippen LogP contribution in [-0.4, -0.2) is 20.4 Å². The molecule has 0 spiro atoms. The minimum absolute atomic E-state index is 0.206. The fourth-order valence-electron chi connectivity index (χ4n) is 7.01. The summed E-state index contributed by atoms with van der Waals surface area (Å²) in [7, 11) is 0. The molecule has 0 bridgehead atoms. The maximum absolute atomic E-state index is 11.8. The second-order valence-corrected chi connectivity index (χ2v) is 13.7. The zero-order chi connectivity index (χ0) is 34.3. The number of rotatable bonds is 9. The number of phenolic OH excluding ortho intramolecular Hbond substituents is 4. The Morgan fingerprint density at radius 3 is 1.23 bits per heavy atom. The lowest BCUT2D eigenvalue weighted by Crippen LogP contribution is -2.24. The van der Waals surface area contributed by atoms with Crippen LogP contribution in [0.25, 0.3) is 0 Å². The van der Waals surface area contributed by atoms with Crippen molar-refractivity contribution in [3.05, 3.63) is 152 Å². The quantitative estimate of drug-likeness (QED) is 0.122. The summed E-state index contributed by atoms with van der Waals surface area (Å²) in [4.78, 5) is 0. The van der Waals surface area contributed by atoms with Crippen LogP contribution in [-0.2, 0) is 10.8 Å². The van der Waals surface area contributed by atoms with Gasteiger partial charge in [-0.3, -0.25) is 0 Å². The van der Waals surface area contributed by atoms with Gasteiger partial charge in [0.25, 0.3) is 0 Å². The van der Waals surface area contributed by atoms with Gasteiger partial charge >= 0.3 is 0 Å². The number of benzene rings is 5. The molecule has 4 heteroatoms. The summed E-state index contributed by atoms with van der Waals surface area (Å²) in [6, 6.07) is 30.0. The van der Waals surface area contributed by atoms with E-state index in [0.717, 1.165) is 74.0 Å². The van der Waals surface area contributed by atoms with E-state index in [1.165, 1.54) is 0 Å². The van der Waals surface area contributed by atoms with E-state index in [0.29, 0.717) is 0 Å². The van der Waals surface area contributed by atoms with Crippen molar-refractivity contribution in [2.75, 3.05) is 0 Å². The van der Waals surface area contributed by atoms with Gasteiger partial charge in [0.05, 0.1) is 0 Å². The van der Waals surface area contributed by atoms with Gasteiger partial charge in [0.2, 0.25) is 0 Å². The molecule has 4 N–H and O–H groups in total. The van der Waals surface area contributed by atoms with Crippen LogP contribution < -0.4 is 0 Å². The van der Waals surface area contributed by atoms with E-state index >= 15 is 0 Å². The van der Waals surface area contributed by atoms with Crippen molar-refractivity contribution in [3.63, 3.8) is 0 Å². The molecule has 0 aliphatic heterocycles. The maximum Gasteiger partial charge on any atom is 0.122 e. The Bertz CT molecular complexity index is 1800. The van der Waals surface area contributed by atoms with E-state index in [4.69, 9.17) is 0 Å². The van der Waals surface area contributed by atoms with Gasteiger partial charge < -0.3 is 20.4 Å².